The van der Waals surface area contributed by atoms with Crippen LogP contribution in [0.4, 0.5) is 0 Å². The fraction of sp³-hybridized carbons (Fsp3) is 0.500. The normalized spacial score (nSPS) is 16.2. The number of hydrogen-bond donors (Lipinski definition) is 0. The van der Waals surface area contributed by atoms with E-state index < -0.39 is 0 Å². The Morgan fingerprint density at radius 3 is 3.00 bits per heavy atom. The second-order valence-electron chi connectivity index (χ2n) is 4.99. The number of hydrogen-bond acceptors (Lipinski definition) is 2. The quantitative estimate of drug-likeness (QED) is 0.849. The highest BCUT2D eigenvalue weighted by molar-refractivity contribution is 9.10. The smallest absolute Gasteiger partial charge is 0.137 e. The molecule has 0 spiro atoms. The maximum atomic E-state index is 4.77. The fourth-order valence-electron chi connectivity index (χ4n) is 2.81. The molecule has 3 rings (SSSR count). The lowest BCUT2D eigenvalue weighted by Gasteiger charge is -2.26. The number of imidazole rings is 1. The molecule has 1 aliphatic heterocycles. The van der Waals surface area contributed by atoms with Gasteiger partial charge >= 0.3 is 0 Å². The summed E-state index contributed by atoms with van der Waals surface area (Å²) in [5, 5.41) is 0. The molecule has 0 aromatic carbocycles. The molecule has 0 radical (unpaired) electrons. The van der Waals surface area contributed by atoms with Crippen LogP contribution < -0.4 is 0 Å². The van der Waals surface area contributed by atoms with Gasteiger partial charge in [0.05, 0.1) is 11.4 Å². The van der Waals surface area contributed by atoms with Gasteiger partial charge in [0.2, 0.25) is 0 Å². The van der Waals surface area contributed by atoms with Gasteiger partial charge in [-0.3, -0.25) is 9.30 Å². The highest BCUT2D eigenvalue weighted by atomic mass is 79.9. The predicted octanol–water partition coefficient (Wildman–Crippen LogP) is 3.17. The molecule has 4 heteroatoms. The minimum absolute atomic E-state index is 1.03. The number of fused-ring (bicyclic) bond motifs is 3. The molecule has 0 saturated heterocycles. The van der Waals surface area contributed by atoms with Gasteiger partial charge in [0, 0.05) is 29.7 Å². The van der Waals surface area contributed by atoms with Crippen LogP contribution in [0.2, 0.25) is 0 Å². The molecule has 0 bridgehead atoms. The predicted molar refractivity (Wildman–Crippen MR) is 76.9 cm³/mol. The first-order valence-electron chi connectivity index (χ1n) is 6.58. The monoisotopic (exact) mass is 307 g/mol. The summed E-state index contributed by atoms with van der Waals surface area (Å²) >= 11 is 3.61. The summed E-state index contributed by atoms with van der Waals surface area (Å²) in [4.78, 5) is 7.29. The molecule has 0 unspecified atom stereocenters. The Morgan fingerprint density at radius 2 is 2.22 bits per heavy atom. The second-order valence-corrected chi connectivity index (χ2v) is 5.85. The molecular weight excluding hydrogens is 290 g/mol. The molecule has 0 fully saturated rings. The lowest BCUT2D eigenvalue weighted by Crippen LogP contribution is -2.31. The molecule has 96 valence electrons. The van der Waals surface area contributed by atoms with Crippen LogP contribution in [0.5, 0.6) is 0 Å². The van der Waals surface area contributed by atoms with E-state index in [2.05, 4.69) is 51.2 Å². The van der Waals surface area contributed by atoms with Crippen LogP contribution in [0.25, 0.3) is 5.65 Å². The van der Waals surface area contributed by atoms with Crippen molar-refractivity contribution >= 4 is 21.6 Å². The van der Waals surface area contributed by atoms with Crippen molar-refractivity contribution in [1.82, 2.24) is 14.3 Å². The molecule has 0 amide bonds. The van der Waals surface area contributed by atoms with E-state index in [0.717, 1.165) is 29.6 Å². The molecule has 0 aliphatic carbocycles. The van der Waals surface area contributed by atoms with Crippen LogP contribution in [0.15, 0.2) is 16.6 Å². The SMILES string of the molecule is CCCN1CCc2nc3ccc(Br)c(C)n3c2C1. The van der Waals surface area contributed by atoms with Crippen molar-refractivity contribution in [2.24, 2.45) is 0 Å². The summed E-state index contributed by atoms with van der Waals surface area (Å²) in [6, 6.07) is 4.19. The Hall–Kier alpha value is -0.870. The Kier molecular flexibility index (Phi) is 3.16. The van der Waals surface area contributed by atoms with Crippen molar-refractivity contribution in [1.29, 1.82) is 0 Å². The van der Waals surface area contributed by atoms with Crippen LogP contribution in [0.1, 0.15) is 30.4 Å². The van der Waals surface area contributed by atoms with Gasteiger partial charge in [-0.15, -0.1) is 0 Å². The summed E-state index contributed by atoms with van der Waals surface area (Å²) in [6.45, 7) is 7.75. The van der Waals surface area contributed by atoms with Gasteiger partial charge in [0.15, 0.2) is 0 Å². The fourth-order valence-corrected chi connectivity index (χ4v) is 3.11. The standard InChI is InChI=1S/C14H18BrN3/c1-3-7-17-8-6-12-13(9-17)18-10(2)11(15)4-5-14(18)16-12/h4-5H,3,6-9H2,1-2H3. The van der Waals surface area contributed by atoms with Crippen LogP contribution >= 0.6 is 15.9 Å². The molecule has 0 saturated carbocycles. The molecular formula is C14H18BrN3. The minimum atomic E-state index is 1.03. The summed E-state index contributed by atoms with van der Waals surface area (Å²) in [5.74, 6) is 0. The lowest BCUT2D eigenvalue weighted by atomic mass is 10.1. The third-order valence-corrected chi connectivity index (χ3v) is 4.56. The van der Waals surface area contributed by atoms with Crippen molar-refractivity contribution in [3.05, 3.63) is 33.7 Å². The number of pyridine rings is 1. The number of nitrogens with zero attached hydrogens (tertiary/aromatic N) is 3. The molecule has 0 N–H and O–H groups in total. The zero-order chi connectivity index (χ0) is 12.7. The Bertz CT molecular complexity index is 588. The number of aromatic nitrogens is 2. The van der Waals surface area contributed by atoms with E-state index in [1.54, 1.807) is 0 Å². The molecule has 0 atom stereocenters. The largest absolute Gasteiger partial charge is 0.299 e. The highest BCUT2D eigenvalue weighted by Gasteiger charge is 2.21. The average molecular weight is 308 g/mol. The number of halogens is 1. The Labute approximate surface area is 116 Å². The minimum Gasteiger partial charge on any atom is -0.299 e. The van der Waals surface area contributed by atoms with Crippen molar-refractivity contribution < 1.29 is 0 Å². The van der Waals surface area contributed by atoms with Gasteiger partial charge in [-0.1, -0.05) is 6.92 Å². The van der Waals surface area contributed by atoms with Crippen molar-refractivity contribution in [2.75, 3.05) is 13.1 Å². The first kappa shape index (κ1) is 12.2. The van der Waals surface area contributed by atoms with E-state index in [4.69, 9.17) is 4.98 Å². The number of aryl methyl sites for hydroxylation is 1. The van der Waals surface area contributed by atoms with Gasteiger partial charge in [-0.25, -0.2) is 4.98 Å². The Morgan fingerprint density at radius 1 is 1.39 bits per heavy atom. The topological polar surface area (TPSA) is 20.5 Å². The first-order chi connectivity index (χ1) is 8.70. The summed E-state index contributed by atoms with van der Waals surface area (Å²) in [7, 11) is 0. The molecule has 18 heavy (non-hydrogen) atoms. The van der Waals surface area contributed by atoms with Gasteiger partial charge < -0.3 is 0 Å². The van der Waals surface area contributed by atoms with Gasteiger partial charge in [-0.05, 0) is 48.0 Å². The molecule has 3 heterocycles. The van der Waals surface area contributed by atoms with Crippen molar-refractivity contribution in [3.8, 4) is 0 Å². The third-order valence-electron chi connectivity index (χ3n) is 3.72. The van der Waals surface area contributed by atoms with Crippen LogP contribution in [0, 0.1) is 6.92 Å². The summed E-state index contributed by atoms with van der Waals surface area (Å²) in [5.41, 5.74) is 4.99. The molecule has 1 aliphatic rings. The maximum absolute atomic E-state index is 4.77. The van der Waals surface area contributed by atoms with Gasteiger partial charge in [0.1, 0.15) is 5.65 Å². The van der Waals surface area contributed by atoms with Gasteiger partial charge in [-0.2, -0.15) is 0 Å². The van der Waals surface area contributed by atoms with E-state index >= 15 is 0 Å². The van der Waals surface area contributed by atoms with Crippen LogP contribution in [-0.2, 0) is 13.0 Å². The van der Waals surface area contributed by atoms with Crippen molar-refractivity contribution in [2.45, 2.75) is 33.2 Å². The summed E-state index contributed by atoms with van der Waals surface area (Å²) < 4.78 is 3.46. The van der Waals surface area contributed by atoms with E-state index in [0.29, 0.717) is 0 Å². The van der Waals surface area contributed by atoms with E-state index in [1.807, 2.05) is 0 Å². The molecule has 2 aromatic rings. The average Bonchev–Trinajstić information content (AvgIpc) is 2.73. The van der Waals surface area contributed by atoms with Crippen molar-refractivity contribution in [3.63, 3.8) is 0 Å². The van der Waals surface area contributed by atoms with Crippen LogP contribution in [-0.4, -0.2) is 27.4 Å². The zero-order valence-electron chi connectivity index (χ0n) is 10.9. The van der Waals surface area contributed by atoms with Gasteiger partial charge in [0.25, 0.3) is 0 Å². The highest BCUT2D eigenvalue weighted by Crippen LogP contribution is 2.25. The zero-order valence-corrected chi connectivity index (χ0v) is 12.5. The van der Waals surface area contributed by atoms with E-state index in [9.17, 15) is 0 Å². The maximum Gasteiger partial charge on any atom is 0.137 e. The van der Waals surface area contributed by atoms with E-state index in [1.165, 1.54) is 30.0 Å². The number of rotatable bonds is 2. The molecule has 2 aromatic heterocycles. The van der Waals surface area contributed by atoms with Crippen LogP contribution in [0.3, 0.4) is 0 Å². The lowest BCUT2D eigenvalue weighted by molar-refractivity contribution is 0.249. The van der Waals surface area contributed by atoms with E-state index in [-0.39, 0.29) is 0 Å². The summed E-state index contributed by atoms with van der Waals surface area (Å²) in [6.07, 6.45) is 2.29. The second kappa shape index (κ2) is 4.67. The molecule has 3 nitrogen and oxygen atoms in total. The first-order valence-corrected chi connectivity index (χ1v) is 7.37. The third kappa shape index (κ3) is 1.88. The Balaban J connectivity index is 2.11.